The monoisotopic (exact) mass is 171 g/mol. The first-order chi connectivity index (χ1) is 4.18. The summed E-state index contributed by atoms with van der Waals surface area (Å²) in [5.41, 5.74) is 0. The standard InChI is InChI=1S/C4H7Cl2NO2/c1-2-3-9-4(8)7(5)6/h2-3H2,1H3. The third-order valence-electron chi connectivity index (χ3n) is 0.568. The molecule has 0 aromatic carbocycles. The number of rotatable bonds is 2. The molecule has 5 heteroatoms. The number of halogens is 2. The fourth-order valence-corrected chi connectivity index (χ4v) is 0.336. The lowest BCUT2D eigenvalue weighted by molar-refractivity contribution is 0.140. The average Bonchev–Trinajstić information content (AvgIpc) is 1.82. The van der Waals surface area contributed by atoms with Gasteiger partial charge in [-0.1, -0.05) is 6.92 Å². The fraction of sp³-hybridized carbons (Fsp3) is 0.750. The van der Waals surface area contributed by atoms with E-state index in [4.69, 9.17) is 23.6 Å². The summed E-state index contributed by atoms with van der Waals surface area (Å²) < 4.78 is 4.83. The van der Waals surface area contributed by atoms with Gasteiger partial charge in [0.25, 0.3) is 0 Å². The van der Waals surface area contributed by atoms with Gasteiger partial charge in [0.05, 0.1) is 6.61 Å². The summed E-state index contributed by atoms with van der Waals surface area (Å²) >= 11 is 9.98. The van der Waals surface area contributed by atoms with E-state index in [1.807, 2.05) is 6.92 Å². The Hall–Kier alpha value is -0.150. The minimum atomic E-state index is -0.736. The number of carbonyl (C=O) groups excluding carboxylic acids is 1. The third kappa shape index (κ3) is 4.36. The highest BCUT2D eigenvalue weighted by molar-refractivity contribution is 6.40. The van der Waals surface area contributed by atoms with Crippen LogP contribution in [-0.4, -0.2) is 16.6 Å². The first kappa shape index (κ1) is 8.85. The summed E-state index contributed by atoms with van der Waals surface area (Å²) in [6.45, 7) is 2.22. The molecule has 0 unspecified atom stereocenters. The number of carbonyl (C=O) groups is 1. The number of ether oxygens (including phenoxy) is 1. The van der Waals surface area contributed by atoms with Crippen LogP contribution in [0.4, 0.5) is 4.79 Å². The minimum absolute atomic E-state index is 0.342. The Morgan fingerprint density at radius 3 is 2.56 bits per heavy atom. The molecular weight excluding hydrogens is 165 g/mol. The van der Waals surface area contributed by atoms with Crippen LogP contribution in [-0.2, 0) is 4.74 Å². The Kier molecular flexibility index (Phi) is 4.62. The normalized spacial score (nSPS) is 8.78. The zero-order chi connectivity index (χ0) is 7.28. The van der Waals surface area contributed by atoms with Gasteiger partial charge >= 0.3 is 6.09 Å². The van der Waals surface area contributed by atoms with Gasteiger partial charge in [0.2, 0.25) is 0 Å². The molecule has 54 valence electrons. The quantitative estimate of drug-likeness (QED) is 0.597. The first-order valence-corrected chi connectivity index (χ1v) is 3.14. The Bertz CT molecular complexity index is 96.6. The summed E-state index contributed by atoms with van der Waals surface area (Å²) in [6.07, 6.45) is 0.0214. The zero-order valence-electron chi connectivity index (χ0n) is 4.93. The summed E-state index contributed by atoms with van der Waals surface area (Å²) in [5, 5.41) is 0. The lowest BCUT2D eigenvalue weighted by Crippen LogP contribution is -2.13. The molecule has 9 heavy (non-hydrogen) atoms. The largest absolute Gasteiger partial charge is 0.448 e. The maximum Gasteiger partial charge on any atom is 0.439 e. The van der Waals surface area contributed by atoms with Gasteiger partial charge in [-0.15, -0.1) is 3.94 Å². The van der Waals surface area contributed by atoms with Crippen molar-refractivity contribution in [1.82, 2.24) is 3.94 Å². The molecule has 1 amide bonds. The smallest absolute Gasteiger partial charge is 0.439 e. The topological polar surface area (TPSA) is 29.5 Å². The highest BCUT2D eigenvalue weighted by atomic mass is 35.5. The van der Waals surface area contributed by atoms with Crippen LogP contribution in [0, 0.1) is 0 Å². The summed E-state index contributed by atoms with van der Waals surface area (Å²) in [6, 6.07) is 0. The Balaban J connectivity index is 3.28. The van der Waals surface area contributed by atoms with Gasteiger partial charge < -0.3 is 4.74 Å². The molecule has 0 atom stereocenters. The van der Waals surface area contributed by atoms with Crippen LogP contribution in [0.25, 0.3) is 0 Å². The molecule has 3 nitrogen and oxygen atoms in total. The van der Waals surface area contributed by atoms with Crippen LogP contribution in [0.1, 0.15) is 13.3 Å². The van der Waals surface area contributed by atoms with E-state index in [9.17, 15) is 4.79 Å². The first-order valence-electron chi connectivity index (χ1n) is 2.47. The molecular formula is C4H7Cl2NO2. The molecule has 0 rings (SSSR count). The fourth-order valence-electron chi connectivity index (χ4n) is 0.238. The number of hydrogen-bond donors (Lipinski definition) is 0. The van der Waals surface area contributed by atoms with Gasteiger partial charge in [0.15, 0.2) is 0 Å². The maximum atomic E-state index is 10.3. The average molecular weight is 172 g/mol. The number of nitrogens with zero attached hydrogens (tertiary/aromatic N) is 1. The zero-order valence-corrected chi connectivity index (χ0v) is 6.45. The van der Waals surface area contributed by atoms with Crippen LogP contribution in [0.5, 0.6) is 0 Å². The molecule has 0 aromatic rings. The van der Waals surface area contributed by atoms with E-state index >= 15 is 0 Å². The van der Waals surface area contributed by atoms with Crippen LogP contribution in [0.3, 0.4) is 0 Å². The van der Waals surface area contributed by atoms with Gasteiger partial charge in [-0.3, -0.25) is 0 Å². The van der Waals surface area contributed by atoms with Crippen molar-refractivity contribution in [2.45, 2.75) is 13.3 Å². The molecule has 0 saturated heterocycles. The SMILES string of the molecule is CCCOC(=O)N(Cl)Cl. The van der Waals surface area contributed by atoms with Crippen molar-refractivity contribution in [1.29, 1.82) is 0 Å². The maximum absolute atomic E-state index is 10.3. The van der Waals surface area contributed by atoms with E-state index in [1.54, 1.807) is 0 Å². The lowest BCUT2D eigenvalue weighted by atomic mass is 10.5. The molecule has 0 aliphatic rings. The highest BCUT2D eigenvalue weighted by Crippen LogP contribution is 2.01. The Labute approximate surface area is 63.7 Å². The van der Waals surface area contributed by atoms with Crippen molar-refractivity contribution in [3.05, 3.63) is 0 Å². The van der Waals surface area contributed by atoms with Crippen LogP contribution < -0.4 is 0 Å². The molecule has 0 heterocycles. The van der Waals surface area contributed by atoms with Crippen molar-refractivity contribution in [2.24, 2.45) is 0 Å². The van der Waals surface area contributed by atoms with E-state index in [0.29, 0.717) is 10.5 Å². The summed E-state index contributed by atoms with van der Waals surface area (Å²) in [5.74, 6) is 0. The van der Waals surface area contributed by atoms with Crippen LogP contribution in [0.2, 0.25) is 0 Å². The molecule has 0 aromatic heterocycles. The van der Waals surface area contributed by atoms with Gasteiger partial charge in [-0.05, 0) is 6.42 Å². The van der Waals surface area contributed by atoms with Crippen molar-refractivity contribution in [2.75, 3.05) is 6.61 Å². The second-order valence-electron chi connectivity index (χ2n) is 1.35. The van der Waals surface area contributed by atoms with Crippen molar-refractivity contribution >= 4 is 29.6 Å². The van der Waals surface area contributed by atoms with Crippen molar-refractivity contribution in [3.8, 4) is 0 Å². The van der Waals surface area contributed by atoms with Crippen LogP contribution >= 0.6 is 23.6 Å². The van der Waals surface area contributed by atoms with Crippen molar-refractivity contribution < 1.29 is 9.53 Å². The molecule has 0 fully saturated rings. The number of amides is 1. The molecule has 0 aliphatic carbocycles. The van der Waals surface area contributed by atoms with Gasteiger partial charge in [0.1, 0.15) is 0 Å². The predicted molar refractivity (Wildman–Crippen MR) is 35.2 cm³/mol. The van der Waals surface area contributed by atoms with E-state index in [0.717, 1.165) is 6.42 Å². The van der Waals surface area contributed by atoms with Crippen molar-refractivity contribution in [3.63, 3.8) is 0 Å². The molecule has 0 radical (unpaired) electrons. The van der Waals surface area contributed by atoms with E-state index < -0.39 is 6.09 Å². The van der Waals surface area contributed by atoms with E-state index in [-0.39, 0.29) is 0 Å². The Morgan fingerprint density at radius 1 is 1.67 bits per heavy atom. The lowest BCUT2D eigenvalue weighted by Gasteiger charge is -2.03. The summed E-state index contributed by atoms with van der Waals surface area (Å²) in [4.78, 5) is 10.3. The summed E-state index contributed by atoms with van der Waals surface area (Å²) in [7, 11) is 0. The predicted octanol–water partition coefficient (Wildman–Crippen LogP) is 2.14. The molecule has 0 saturated carbocycles. The molecule has 0 bridgehead atoms. The van der Waals surface area contributed by atoms with Gasteiger partial charge in [0, 0.05) is 23.6 Å². The second kappa shape index (κ2) is 4.70. The van der Waals surface area contributed by atoms with E-state index in [2.05, 4.69) is 4.74 Å². The molecule has 0 spiro atoms. The highest BCUT2D eigenvalue weighted by Gasteiger charge is 2.06. The minimum Gasteiger partial charge on any atom is -0.448 e. The van der Waals surface area contributed by atoms with Gasteiger partial charge in [-0.2, -0.15) is 0 Å². The number of hydrogen-bond acceptors (Lipinski definition) is 2. The Morgan fingerprint density at radius 2 is 2.22 bits per heavy atom. The van der Waals surface area contributed by atoms with Crippen LogP contribution in [0.15, 0.2) is 0 Å². The third-order valence-corrected chi connectivity index (χ3v) is 0.844. The van der Waals surface area contributed by atoms with E-state index in [1.165, 1.54) is 0 Å². The molecule has 0 aliphatic heterocycles. The second-order valence-corrected chi connectivity index (χ2v) is 2.20. The molecule has 0 N–H and O–H groups in total. The van der Waals surface area contributed by atoms with Gasteiger partial charge in [-0.25, -0.2) is 4.79 Å².